The lowest BCUT2D eigenvalue weighted by atomic mass is 9.77. The third kappa shape index (κ3) is 3.05. The standard InChI is InChI=1S/C14H28N2O2/c1-17-14(8-4-2-3-5-9-14)13(16-15)12-7-6-10-18-11-12/h12-13,16H,2-11,15H2,1H3. The van der Waals surface area contributed by atoms with Gasteiger partial charge in [0.05, 0.1) is 18.2 Å². The van der Waals surface area contributed by atoms with Crippen LogP contribution < -0.4 is 11.3 Å². The van der Waals surface area contributed by atoms with Crippen molar-refractivity contribution in [2.75, 3.05) is 20.3 Å². The zero-order valence-corrected chi connectivity index (χ0v) is 11.6. The number of rotatable bonds is 4. The van der Waals surface area contributed by atoms with E-state index in [-0.39, 0.29) is 11.6 Å². The molecule has 1 heterocycles. The van der Waals surface area contributed by atoms with E-state index in [0.717, 1.165) is 32.5 Å². The van der Waals surface area contributed by atoms with Crippen LogP contribution in [0.5, 0.6) is 0 Å². The van der Waals surface area contributed by atoms with Crippen LogP contribution in [0, 0.1) is 5.92 Å². The van der Waals surface area contributed by atoms with Gasteiger partial charge in [-0.15, -0.1) is 0 Å². The smallest absolute Gasteiger partial charge is 0.0847 e. The van der Waals surface area contributed by atoms with Crippen molar-refractivity contribution in [3.8, 4) is 0 Å². The summed E-state index contributed by atoms with van der Waals surface area (Å²) in [6, 6.07) is 0.223. The van der Waals surface area contributed by atoms with E-state index in [1.807, 2.05) is 7.11 Å². The first kappa shape index (κ1) is 14.3. The Morgan fingerprint density at radius 3 is 2.44 bits per heavy atom. The van der Waals surface area contributed by atoms with Crippen LogP contribution in [-0.2, 0) is 9.47 Å². The molecule has 1 saturated heterocycles. The van der Waals surface area contributed by atoms with Crippen LogP contribution in [0.15, 0.2) is 0 Å². The number of ether oxygens (including phenoxy) is 2. The molecule has 2 aliphatic rings. The summed E-state index contributed by atoms with van der Waals surface area (Å²) < 4.78 is 11.6. The van der Waals surface area contributed by atoms with Gasteiger partial charge >= 0.3 is 0 Å². The molecule has 0 bridgehead atoms. The second kappa shape index (κ2) is 6.85. The summed E-state index contributed by atoms with van der Waals surface area (Å²) in [5, 5.41) is 0. The van der Waals surface area contributed by atoms with E-state index in [4.69, 9.17) is 15.3 Å². The van der Waals surface area contributed by atoms with Gasteiger partial charge in [-0.25, -0.2) is 0 Å². The molecular formula is C14H28N2O2. The zero-order valence-electron chi connectivity index (χ0n) is 11.6. The van der Waals surface area contributed by atoms with Crippen molar-refractivity contribution in [1.82, 2.24) is 5.43 Å². The Hall–Kier alpha value is -0.160. The van der Waals surface area contributed by atoms with Crippen LogP contribution >= 0.6 is 0 Å². The van der Waals surface area contributed by atoms with E-state index in [2.05, 4.69) is 5.43 Å². The maximum Gasteiger partial charge on any atom is 0.0847 e. The molecule has 0 aromatic rings. The van der Waals surface area contributed by atoms with E-state index in [0.29, 0.717) is 5.92 Å². The van der Waals surface area contributed by atoms with Crippen molar-refractivity contribution in [3.05, 3.63) is 0 Å². The molecule has 2 atom stereocenters. The fourth-order valence-corrected chi connectivity index (χ4v) is 3.72. The molecule has 0 amide bonds. The van der Waals surface area contributed by atoms with Crippen molar-refractivity contribution < 1.29 is 9.47 Å². The van der Waals surface area contributed by atoms with Gasteiger partial charge in [-0.3, -0.25) is 11.3 Å². The van der Waals surface area contributed by atoms with E-state index >= 15 is 0 Å². The fraction of sp³-hybridized carbons (Fsp3) is 1.00. The Balaban J connectivity index is 2.10. The van der Waals surface area contributed by atoms with Gasteiger partial charge in [0.2, 0.25) is 0 Å². The van der Waals surface area contributed by atoms with Crippen molar-refractivity contribution in [2.24, 2.45) is 11.8 Å². The highest BCUT2D eigenvalue weighted by Crippen LogP contribution is 2.37. The zero-order chi connectivity index (χ0) is 12.8. The van der Waals surface area contributed by atoms with Gasteiger partial charge in [-0.05, 0) is 25.7 Å². The highest BCUT2D eigenvalue weighted by Gasteiger charge is 2.43. The van der Waals surface area contributed by atoms with Crippen LogP contribution in [0.1, 0.15) is 51.4 Å². The second-order valence-corrected chi connectivity index (χ2v) is 5.80. The molecule has 0 aromatic carbocycles. The summed E-state index contributed by atoms with van der Waals surface area (Å²) in [5.41, 5.74) is 2.97. The van der Waals surface area contributed by atoms with Crippen molar-refractivity contribution in [1.29, 1.82) is 0 Å². The summed E-state index contributed by atoms with van der Waals surface area (Å²) in [7, 11) is 1.85. The molecule has 0 aromatic heterocycles. The van der Waals surface area contributed by atoms with Gasteiger partial charge in [0.15, 0.2) is 0 Å². The molecule has 0 radical (unpaired) electrons. The molecule has 0 spiro atoms. The normalized spacial score (nSPS) is 30.7. The predicted molar refractivity (Wildman–Crippen MR) is 72.1 cm³/mol. The van der Waals surface area contributed by atoms with Gasteiger partial charge in [0.25, 0.3) is 0 Å². The molecule has 4 heteroatoms. The number of hydrogen-bond donors (Lipinski definition) is 2. The topological polar surface area (TPSA) is 56.5 Å². The molecule has 1 aliphatic heterocycles. The first-order chi connectivity index (χ1) is 8.82. The number of methoxy groups -OCH3 is 1. The summed E-state index contributed by atoms with van der Waals surface area (Å²) in [4.78, 5) is 0. The summed E-state index contributed by atoms with van der Waals surface area (Å²) >= 11 is 0. The van der Waals surface area contributed by atoms with Gasteiger partial charge in [-0.1, -0.05) is 25.7 Å². The molecule has 18 heavy (non-hydrogen) atoms. The minimum Gasteiger partial charge on any atom is -0.381 e. The lowest BCUT2D eigenvalue weighted by molar-refractivity contribution is -0.0874. The highest BCUT2D eigenvalue weighted by molar-refractivity contribution is 4.97. The largest absolute Gasteiger partial charge is 0.381 e. The predicted octanol–water partition coefficient (Wildman–Crippen LogP) is 1.98. The van der Waals surface area contributed by atoms with Crippen LogP contribution in [0.3, 0.4) is 0 Å². The lowest BCUT2D eigenvalue weighted by Crippen LogP contribution is -2.59. The van der Waals surface area contributed by atoms with Crippen LogP contribution in [0.25, 0.3) is 0 Å². The van der Waals surface area contributed by atoms with Gasteiger partial charge in [-0.2, -0.15) is 0 Å². The van der Waals surface area contributed by atoms with Gasteiger partial charge in [0, 0.05) is 19.6 Å². The quantitative estimate of drug-likeness (QED) is 0.459. The third-order valence-corrected chi connectivity index (χ3v) is 4.77. The molecule has 2 unspecified atom stereocenters. The van der Waals surface area contributed by atoms with E-state index < -0.39 is 0 Å². The van der Waals surface area contributed by atoms with Crippen LogP contribution in [0.2, 0.25) is 0 Å². The summed E-state index contributed by atoms with van der Waals surface area (Å²) in [6.45, 7) is 1.72. The molecule has 2 fully saturated rings. The SMILES string of the molecule is COC1(C(NN)C2CCCOC2)CCCCCC1. The maximum absolute atomic E-state index is 5.97. The minimum atomic E-state index is -0.0867. The van der Waals surface area contributed by atoms with E-state index in [1.54, 1.807) is 0 Å². The minimum absolute atomic E-state index is 0.0867. The Morgan fingerprint density at radius 2 is 1.94 bits per heavy atom. The van der Waals surface area contributed by atoms with Gasteiger partial charge < -0.3 is 9.47 Å². The van der Waals surface area contributed by atoms with E-state index in [9.17, 15) is 0 Å². The summed E-state index contributed by atoms with van der Waals surface area (Å²) in [5.74, 6) is 6.35. The van der Waals surface area contributed by atoms with Crippen LogP contribution in [0.4, 0.5) is 0 Å². The maximum atomic E-state index is 5.97. The second-order valence-electron chi connectivity index (χ2n) is 5.80. The number of nitrogens with one attached hydrogen (secondary N) is 1. The Kier molecular flexibility index (Phi) is 5.42. The fourth-order valence-electron chi connectivity index (χ4n) is 3.72. The van der Waals surface area contributed by atoms with Crippen LogP contribution in [-0.4, -0.2) is 32.0 Å². The Labute approximate surface area is 111 Å². The third-order valence-electron chi connectivity index (χ3n) is 4.77. The molecular weight excluding hydrogens is 228 g/mol. The first-order valence-corrected chi connectivity index (χ1v) is 7.41. The average molecular weight is 256 g/mol. The molecule has 1 aliphatic carbocycles. The number of hydrogen-bond acceptors (Lipinski definition) is 4. The number of nitrogens with two attached hydrogens (primary N) is 1. The summed E-state index contributed by atoms with van der Waals surface area (Å²) in [6.07, 6.45) is 9.72. The molecule has 1 saturated carbocycles. The first-order valence-electron chi connectivity index (χ1n) is 7.41. The average Bonchev–Trinajstić information content (AvgIpc) is 2.67. The molecule has 4 nitrogen and oxygen atoms in total. The van der Waals surface area contributed by atoms with Crippen molar-refractivity contribution in [2.45, 2.75) is 63.0 Å². The van der Waals surface area contributed by atoms with Crippen molar-refractivity contribution >= 4 is 0 Å². The molecule has 3 N–H and O–H groups in total. The lowest BCUT2D eigenvalue weighted by Gasteiger charge is -2.44. The molecule has 106 valence electrons. The molecule has 2 rings (SSSR count). The Morgan fingerprint density at radius 1 is 1.22 bits per heavy atom. The highest BCUT2D eigenvalue weighted by atomic mass is 16.5. The van der Waals surface area contributed by atoms with Crippen molar-refractivity contribution in [3.63, 3.8) is 0 Å². The monoisotopic (exact) mass is 256 g/mol. The van der Waals surface area contributed by atoms with Gasteiger partial charge in [0.1, 0.15) is 0 Å². The Bertz CT molecular complexity index is 234. The number of hydrazine groups is 1. The van der Waals surface area contributed by atoms with E-state index in [1.165, 1.54) is 32.1 Å².